The van der Waals surface area contributed by atoms with Crippen LogP contribution in [0.1, 0.15) is 19.4 Å². The fourth-order valence-electron chi connectivity index (χ4n) is 2.70. The number of nitrogens with one attached hydrogen (secondary N) is 1. The van der Waals surface area contributed by atoms with Gasteiger partial charge in [-0.2, -0.15) is 0 Å². The molecule has 1 aromatic heterocycles. The van der Waals surface area contributed by atoms with Crippen LogP contribution < -0.4 is 10.1 Å². The number of hydrogen-bond acceptors (Lipinski definition) is 4. The lowest BCUT2D eigenvalue weighted by Crippen LogP contribution is -2.12. The van der Waals surface area contributed by atoms with Crippen molar-refractivity contribution in [2.45, 2.75) is 26.8 Å². The summed E-state index contributed by atoms with van der Waals surface area (Å²) in [4.78, 5) is 8.88. The van der Waals surface area contributed by atoms with Crippen LogP contribution >= 0.6 is 0 Å². The van der Waals surface area contributed by atoms with Gasteiger partial charge in [0.25, 0.3) is 0 Å². The lowest BCUT2D eigenvalue weighted by molar-refractivity contribution is 0.417. The van der Waals surface area contributed by atoms with Crippen LogP contribution in [0.15, 0.2) is 36.5 Å². The van der Waals surface area contributed by atoms with Crippen molar-refractivity contribution in [3.8, 4) is 16.9 Å². The fourth-order valence-corrected chi connectivity index (χ4v) is 2.70. The molecule has 0 aliphatic rings. The number of fused-ring (bicyclic) bond motifs is 1. The monoisotopic (exact) mass is 325 g/mol. The maximum absolute atomic E-state index is 13.4. The van der Waals surface area contributed by atoms with Gasteiger partial charge in [-0.3, -0.25) is 0 Å². The number of rotatable bonds is 4. The van der Waals surface area contributed by atoms with Crippen molar-refractivity contribution >= 4 is 16.9 Å². The molecule has 1 N–H and O–H groups in total. The van der Waals surface area contributed by atoms with Crippen molar-refractivity contribution in [2.75, 3.05) is 12.4 Å². The van der Waals surface area contributed by atoms with Gasteiger partial charge < -0.3 is 10.1 Å². The van der Waals surface area contributed by atoms with Crippen LogP contribution in [0, 0.1) is 12.7 Å². The third-order valence-corrected chi connectivity index (χ3v) is 3.80. The molecule has 124 valence electrons. The minimum Gasteiger partial charge on any atom is -0.496 e. The Hall–Kier alpha value is -2.69. The first kappa shape index (κ1) is 16.2. The fraction of sp³-hybridized carbons (Fsp3) is 0.263. The third-order valence-electron chi connectivity index (χ3n) is 3.80. The van der Waals surface area contributed by atoms with Crippen molar-refractivity contribution in [2.24, 2.45) is 0 Å². The summed E-state index contributed by atoms with van der Waals surface area (Å²) in [5.41, 5.74) is 3.48. The van der Waals surface area contributed by atoms with E-state index in [4.69, 9.17) is 4.74 Å². The van der Waals surface area contributed by atoms with Crippen molar-refractivity contribution in [3.63, 3.8) is 0 Å². The summed E-state index contributed by atoms with van der Waals surface area (Å²) in [6.07, 6.45) is 1.79. The van der Waals surface area contributed by atoms with Gasteiger partial charge in [-0.1, -0.05) is 6.07 Å². The molecule has 2 aromatic carbocycles. The Bertz CT molecular complexity index is 893. The molecule has 4 nitrogen and oxygen atoms in total. The number of nitrogens with zero attached hydrogens (tertiary/aromatic N) is 2. The molecule has 0 saturated carbocycles. The second-order valence-corrected chi connectivity index (χ2v) is 6.06. The molecule has 1 heterocycles. The minimum atomic E-state index is -0.247. The molecule has 0 unspecified atom stereocenters. The number of benzene rings is 2. The molecule has 0 aliphatic heterocycles. The van der Waals surface area contributed by atoms with Crippen LogP contribution in [0.4, 0.5) is 10.3 Å². The van der Waals surface area contributed by atoms with Crippen molar-refractivity contribution < 1.29 is 9.13 Å². The van der Waals surface area contributed by atoms with E-state index in [2.05, 4.69) is 15.3 Å². The molecule has 0 atom stereocenters. The summed E-state index contributed by atoms with van der Waals surface area (Å²) in [7, 11) is 1.62. The van der Waals surface area contributed by atoms with E-state index in [1.54, 1.807) is 19.4 Å². The van der Waals surface area contributed by atoms with Crippen LogP contribution in [0.25, 0.3) is 22.0 Å². The first-order valence-electron chi connectivity index (χ1n) is 7.86. The molecule has 3 rings (SSSR count). The molecule has 0 bridgehead atoms. The largest absolute Gasteiger partial charge is 0.496 e. The lowest BCUT2D eigenvalue weighted by atomic mass is 9.98. The molecule has 24 heavy (non-hydrogen) atoms. The van der Waals surface area contributed by atoms with Crippen molar-refractivity contribution in [1.82, 2.24) is 9.97 Å². The third kappa shape index (κ3) is 3.15. The second-order valence-electron chi connectivity index (χ2n) is 6.06. The summed E-state index contributed by atoms with van der Waals surface area (Å²) in [6.45, 7) is 5.96. The van der Waals surface area contributed by atoms with E-state index in [1.165, 1.54) is 12.1 Å². The van der Waals surface area contributed by atoms with E-state index in [1.807, 2.05) is 32.9 Å². The zero-order chi connectivity index (χ0) is 17.3. The van der Waals surface area contributed by atoms with Gasteiger partial charge in [-0.25, -0.2) is 14.4 Å². The summed E-state index contributed by atoms with van der Waals surface area (Å²) in [6, 6.07) is 8.87. The Balaban J connectivity index is 2.15. The number of hydrogen-bond donors (Lipinski definition) is 1. The number of anilines is 1. The molecule has 0 aliphatic carbocycles. The highest BCUT2D eigenvalue weighted by Crippen LogP contribution is 2.35. The SMILES string of the molecule is COc1cc2nc(NC(C)C)ncc2cc1-c1ccc(F)cc1C. The number of aromatic nitrogens is 2. The zero-order valence-electron chi connectivity index (χ0n) is 14.2. The summed E-state index contributed by atoms with van der Waals surface area (Å²) < 4.78 is 18.9. The van der Waals surface area contributed by atoms with Crippen LogP contribution in [0.3, 0.4) is 0 Å². The first-order valence-corrected chi connectivity index (χ1v) is 7.86. The Morgan fingerprint density at radius 1 is 1.12 bits per heavy atom. The van der Waals surface area contributed by atoms with E-state index in [9.17, 15) is 4.39 Å². The minimum absolute atomic E-state index is 0.247. The smallest absolute Gasteiger partial charge is 0.223 e. The average Bonchev–Trinajstić information content (AvgIpc) is 2.53. The van der Waals surface area contributed by atoms with E-state index in [0.29, 0.717) is 11.7 Å². The highest BCUT2D eigenvalue weighted by molar-refractivity contribution is 5.89. The Kier molecular flexibility index (Phi) is 4.34. The standard InChI is InChI=1S/C19H20FN3O/c1-11(2)22-19-21-10-13-8-16(18(24-4)9-17(13)23-19)15-6-5-14(20)7-12(15)3/h5-11H,1-4H3,(H,21,22,23). The predicted octanol–water partition coefficient (Wildman–Crippen LogP) is 4.57. The van der Waals surface area contributed by atoms with Crippen LogP contribution in [-0.2, 0) is 0 Å². The Morgan fingerprint density at radius 3 is 2.58 bits per heavy atom. The molecule has 5 heteroatoms. The maximum Gasteiger partial charge on any atom is 0.223 e. The van der Waals surface area contributed by atoms with Crippen molar-refractivity contribution in [1.29, 1.82) is 0 Å². The number of methoxy groups -OCH3 is 1. The number of aryl methyl sites for hydroxylation is 1. The van der Waals surface area contributed by atoms with Crippen molar-refractivity contribution in [3.05, 3.63) is 47.9 Å². The highest BCUT2D eigenvalue weighted by Gasteiger charge is 2.12. The van der Waals surface area contributed by atoms with E-state index < -0.39 is 0 Å². The van der Waals surface area contributed by atoms with E-state index >= 15 is 0 Å². The van der Waals surface area contributed by atoms with Gasteiger partial charge in [-0.15, -0.1) is 0 Å². The second kappa shape index (κ2) is 6.43. The van der Waals surface area contributed by atoms with E-state index in [-0.39, 0.29) is 11.9 Å². The van der Waals surface area contributed by atoms with Gasteiger partial charge in [0.1, 0.15) is 11.6 Å². The number of ether oxygens (including phenoxy) is 1. The van der Waals surface area contributed by atoms with Gasteiger partial charge in [0, 0.05) is 29.3 Å². The molecule has 0 saturated heterocycles. The summed E-state index contributed by atoms with van der Waals surface area (Å²) >= 11 is 0. The van der Waals surface area contributed by atoms with Gasteiger partial charge in [0.2, 0.25) is 5.95 Å². The van der Waals surface area contributed by atoms with Gasteiger partial charge in [0.05, 0.1) is 12.6 Å². The van der Waals surface area contributed by atoms with Gasteiger partial charge in [-0.05, 0) is 50.1 Å². The van der Waals surface area contributed by atoms with Crippen LogP contribution in [0.5, 0.6) is 5.75 Å². The van der Waals surface area contributed by atoms with E-state index in [0.717, 1.165) is 27.6 Å². The average molecular weight is 325 g/mol. The number of halogens is 1. The molecule has 3 aromatic rings. The summed E-state index contributed by atoms with van der Waals surface area (Å²) in [5.74, 6) is 1.04. The normalized spacial score (nSPS) is 11.1. The molecular formula is C19H20FN3O. The molecule has 0 radical (unpaired) electrons. The lowest BCUT2D eigenvalue weighted by Gasteiger charge is -2.14. The molecule has 0 fully saturated rings. The topological polar surface area (TPSA) is 47.0 Å². The van der Waals surface area contributed by atoms with Gasteiger partial charge in [0.15, 0.2) is 0 Å². The highest BCUT2D eigenvalue weighted by atomic mass is 19.1. The van der Waals surface area contributed by atoms with Gasteiger partial charge >= 0.3 is 0 Å². The molecular weight excluding hydrogens is 305 g/mol. The molecule has 0 amide bonds. The van der Waals surface area contributed by atoms with Crippen LogP contribution in [0.2, 0.25) is 0 Å². The Labute approximate surface area is 140 Å². The maximum atomic E-state index is 13.4. The predicted molar refractivity (Wildman–Crippen MR) is 95.0 cm³/mol. The Morgan fingerprint density at radius 2 is 1.92 bits per heavy atom. The quantitative estimate of drug-likeness (QED) is 0.763. The first-order chi connectivity index (χ1) is 11.5. The zero-order valence-corrected chi connectivity index (χ0v) is 14.2. The van der Waals surface area contributed by atoms with Crippen LogP contribution in [-0.4, -0.2) is 23.1 Å². The molecule has 0 spiro atoms. The summed E-state index contributed by atoms with van der Waals surface area (Å²) in [5, 5.41) is 4.10.